The number of rotatable bonds is 4. The van der Waals surface area contributed by atoms with E-state index in [0.29, 0.717) is 17.7 Å². The smallest absolute Gasteiger partial charge is 0.323 e. The molecule has 2 aliphatic rings. The minimum absolute atomic E-state index is 0.0570. The van der Waals surface area contributed by atoms with Crippen LogP contribution in [0.25, 0.3) is 10.8 Å². The maximum atomic E-state index is 14.2. The van der Waals surface area contributed by atoms with Gasteiger partial charge in [0.15, 0.2) is 5.78 Å². The van der Waals surface area contributed by atoms with Crippen LogP contribution in [-0.2, 0) is 25.1 Å². The van der Waals surface area contributed by atoms with Crippen molar-refractivity contribution >= 4 is 33.3 Å². The summed E-state index contributed by atoms with van der Waals surface area (Å²) < 4.78 is 18.0. The molecule has 1 aliphatic carbocycles. The van der Waals surface area contributed by atoms with Crippen LogP contribution in [0.1, 0.15) is 30.0 Å². The van der Waals surface area contributed by atoms with Crippen molar-refractivity contribution in [3.63, 3.8) is 0 Å². The zero-order valence-electron chi connectivity index (χ0n) is 18.0. The molecule has 2 fully saturated rings. The predicted molar refractivity (Wildman–Crippen MR) is 124 cm³/mol. The molecule has 1 saturated heterocycles. The zero-order valence-corrected chi connectivity index (χ0v) is 18.9. The van der Waals surface area contributed by atoms with Gasteiger partial charge in [-0.25, -0.2) is 0 Å². The van der Waals surface area contributed by atoms with Crippen molar-refractivity contribution in [3.8, 4) is 0 Å². The van der Waals surface area contributed by atoms with Crippen molar-refractivity contribution < 1.29 is 18.5 Å². The average Bonchev–Trinajstić information content (AvgIpc) is 3.34. The van der Waals surface area contributed by atoms with Crippen LogP contribution in [0.3, 0.4) is 0 Å². The Morgan fingerprint density at radius 1 is 1.06 bits per heavy atom. The molecule has 1 N–H and O–H groups in total. The number of aryl methyl sites for hydroxylation is 1. The Kier molecular flexibility index (Phi) is 5.22. The van der Waals surface area contributed by atoms with E-state index in [1.54, 1.807) is 0 Å². The molecule has 0 amide bonds. The summed E-state index contributed by atoms with van der Waals surface area (Å²) in [6.07, 6.45) is 0.814. The first-order chi connectivity index (χ1) is 15.5. The molecule has 0 spiro atoms. The van der Waals surface area contributed by atoms with Crippen LogP contribution in [-0.4, -0.2) is 33.9 Å². The highest BCUT2D eigenvalue weighted by Gasteiger charge is 2.67. The first kappa shape index (κ1) is 21.0. The van der Waals surface area contributed by atoms with E-state index in [4.69, 9.17) is 4.74 Å². The number of esters is 1. The molecular weight excluding hydrogens is 422 g/mol. The van der Waals surface area contributed by atoms with E-state index < -0.39 is 39.5 Å². The third kappa shape index (κ3) is 3.05. The Balaban J connectivity index is 1.70. The number of methoxy groups -OCH3 is 1. The standard InChI is InChI=1S/C26H25NO4S/c1-16-7-11-20(12-8-16)32(30)26-21(13-14-22(26)28)23(25(29)31-2)27-24(26)19-10-9-17-5-3-4-6-18(17)15-19/h3-12,15,21,23-24,27H,13-14H2,1-2H3/t21-,23-,24-,26-,32?/m1/s1. The lowest BCUT2D eigenvalue weighted by molar-refractivity contribution is -0.143. The molecule has 1 saturated carbocycles. The highest BCUT2D eigenvalue weighted by molar-refractivity contribution is 7.87. The van der Waals surface area contributed by atoms with Crippen molar-refractivity contribution in [1.82, 2.24) is 5.32 Å². The quantitative estimate of drug-likeness (QED) is 0.615. The van der Waals surface area contributed by atoms with Crippen LogP contribution in [0.2, 0.25) is 0 Å². The number of hydrogen-bond acceptors (Lipinski definition) is 5. The molecule has 1 unspecified atom stereocenters. The molecule has 164 valence electrons. The van der Waals surface area contributed by atoms with Gasteiger partial charge in [-0.1, -0.05) is 54.1 Å². The molecule has 5 rings (SSSR count). The molecular formula is C26H25NO4S. The number of carbonyl (C=O) groups is 2. The Labute approximate surface area is 189 Å². The molecule has 5 atom stereocenters. The van der Waals surface area contributed by atoms with Crippen LogP contribution in [0.4, 0.5) is 0 Å². The number of ketones is 1. The molecule has 0 aromatic heterocycles. The van der Waals surface area contributed by atoms with Crippen molar-refractivity contribution in [1.29, 1.82) is 0 Å². The van der Waals surface area contributed by atoms with Crippen LogP contribution < -0.4 is 5.32 Å². The summed E-state index contributed by atoms with van der Waals surface area (Å²) in [7, 11) is -0.297. The Hall–Kier alpha value is -2.83. The van der Waals surface area contributed by atoms with E-state index in [1.807, 2.05) is 73.7 Å². The number of nitrogens with one attached hydrogen (secondary N) is 1. The third-order valence-corrected chi connectivity index (χ3v) is 9.03. The Morgan fingerprint density at radius 3 is 2.50 bits per heavy atom. The van der Waals surface area contributed by atoms with E-state index >= 15 is 0 Å². The van der Waals surface area contributed by atoms with Gasteiger partial charge in [-0.2, -0.15) is 0 Å². The van der Waals surface area contributed by atoms with E-state index in [-0.39, 0.29) is 5.78 Å². The van der Waals surface area contributed by atoms with Gasteiger partial charge in [0.25, 0.3) is 0 Å². The van der Waals surface area contributed by atoms with E-state index in [1.165, 1.54) is 7.11 Å². The molecule has 0 radical (unpaired) electrons. The zero-order chi connectivity index (χ0) is 22.5. The van der Waals surface area contributed by atoms with Crippen LogP contribution >= 0.6 is 0 Å². The van der Waals surface area contributed by atoms with Crippen LogP contribution in [0.5, 0.6) is 0 Å². The second-order valence-corrected chi connectivity index (χ2v) is 10.3. The largest absolute Gasteiger partial charge is 0.468 e. The number of hydrogen-bond donors (Lipinski definition) is 1. The molecule has 3 aromatic rings. The molecule has 5 nitrogen and oxygen atoms in total. The topological polar surface area (TPSA) is 72.5 Å². The summed E-state index contributed by atoms with van der Waals surface area (Å²) in [5, 5.41) is 5.49. The summed E-state index contributed by atoms with van der Waals surface area (Å²) in [5.74, 6) is -0.877. The van der Waals surface area contributed by atoms with E-state index in [2.05, 4.69) is 5.32 Å². The van der Waals surface area contributed by atoms with Gasteiger partial charge in [0, 0.05) is 17.2 Å². The summed E-state index contributed by atoms with van der Waals surface area (Å²) in [6.45, 7) is 1.97. The fourth-order valence-electron chi connectivity index (χ4n) is 5.41. The first-order valence-electron chi connectivity index (χ1n) is 10.8. The second-order valence-electron chi connectivity index (χ2n) is 8.65. The molecule has 1 heterocycles. The Morgan fingerprint density at radius 2 is 1.78 bits per heavy atom. The van der Waals surface area contributed by atoms with Gasteiger partial charge in [0.05, 0.1) is 24.0 Å². The third-order valence-electron chi connectivity index (χ3n) is 6.95. The monoisotopic (exact) mass is 447 g/mol. The summed E-state index contributed by atoms with van der Waals surface area (Å²) in [6, 6.07) is 20.2. The van der Waals surface area contributed by atoms with Crippen molar-refractivity contribution in [2.45, 2.75) is 41.5 Å². The lowest BCUT2D eigenvalue weighted by atomic mass is 9.85. The lowest BCUT2D eigenvalue weighted by Gasteiger charge is -2.33. The maximum absolute atomic E-state index is 14.2. The molecule has 6 heteroatoms. The highest BCUT2D eigenvalue weighted by atomic mass is 32.2. The minimum Gasteiger partial charge on any atom is -0.468 e. The predicted octanol–water partition coefficient (Wildman–Crippen LogP) is 3.86. The first-order valence-corrected chi connectivity index (χ1v) is 12.0. The molecule has 0 bridgehead atoms. The lowest BCUT2D eigenvalue weighted by Crippen LogP contribution is -2.48. The summed E-state index contributed by atoms with van der Waals surface area (Å²) in [4.78, 5) is 26.9. The average molecular weight is 448 g/mol. The van der Waals surface area contributed by atoms with Gasteiger partial charge < -0.3 is 4.74 Å². The number of Topliss-reactive ketones (excluding diaryl/α,β-unsaturated/α-hetero) is 1. The number of carbonyl (C=O) groups excluding carboxylic acids is 2. The molecule has 3 aromatic carbocycles. The van der Waals surface area contributed by atoms with E-state index in [0.717, 1.165) is 21.9 Å². The fraction of sp³-hybridized carbons (Fsp3) is 0.308. The van der Waals surface area contributed by atoms with Crippen molar-refractivity contribution in [2.75, 3.05) is 7.11 Å². The molecule has 32 heavy (non-hydrogen) atoms. The highest BCUT2D eigenvalue weighted by Crippen LogP contribution is 2.54. The summed E-state index contributed by atoms with van der Waals surface area (Å²) >= 11 is 0. The number of fused-ring (bicyclic) bond motifs is 2. The van der Waals surface area contributed by atoms with Gasteiger partial charge in [0.2, 0.25) is 0 Å². The van der Waals surface area contributed by atoms with Gasteiger partial charge in [-0.3, -0.25) is 19.1 Å². The fourth-order valence-corrected chi connectivity index (χ4v) is 7.44. The van der Waals surface area contributed by atoms with Crippen LogP contribution in [0, 0.1) is 12.8 Å². The minimum atomic E-state index is -1.65. The van der Waals surface area contributed by atoms with Gasteiger partial charge in [0.1, 0.15) is 10.8 Å². The Bertz CT molecular complexity index is 1240. The van der Waals surface area contributed by atoms with Crippen molar-refractivity contribution in [2.24, 2.45) is 5.92 Å². The van der Waals surface area contributed by atoms with Gasteiger partial charge in [-0.15, -0.1) is 0 Å². The number of ether oxygens (including phenoxy) is 1. The van der Waals surface area contributed by atoms with Gasteiger partial charge >= 0.3 is 5.97 Å². The van der Waals surface area contributed by atoms with Crippen LogP contribution in [0.15, 0.2) is 71.6 Å². The van der Waals surface area contributed by atoms with E-state index in [9.17, 15) is 13.8 Å². The van der Waals surface area contributed by atoms with Gasteiger partial charge in [-0.05, 0) is 47.9 Å². The second kappa shape index (κ2) is 7.94. The molecule has 1 aliphatic heterocycles. The maximum Gasteiger partial charge on any atom is 0.323 e. The number of benzene rings is 3. The van der Waals surface area contributed by atoms with Crippen molar-refractivity contribution in [3.05, 3.63) is 77.9 Å². The SMILES string of the molecule is COC(=O)[C@@H]1N[C@H](c2ccc3ccccc3c2)[C@]2(S(=O)c3ccc(C)cc3)C(=O)CC[C@H]12. The summed E-state index contributed by atoms with van der Waals surface area (Å²) in [5.41, 5.74) is 1.91. The normalized spacial score (nSPS) is 27.9.